The molecule has 0 heterocycles. The van der Waals surface area contributed by atoms with E-state index < -0.39 is 0 Å². The first-order valence-electron chi connectivity index (χ1n) is 4.31. The molecule has 11 heavy (non-hydrogen) atoms. The van der Waals surface area contributed by atoms with Crippen molar-refractivity contribution in [3.05, 3.63) is 12.2 Å². The largest absolute Gasteiger partial charge is 0.392 e. The molecule has 2 heteroatoms. The number of hydrogen-bond acceptors (Lipinski definition) is 2. The second kappa shape index (κ2) is 7.76. The molecule has 0 fully saturated rings. The van der Waals surface area contributed by atoms with Gasteiger partial charge in [0.25, 0.3) is 0 Å². The molecule has 2 nitrogen and oxygen atoms in total. The first-order chi connectivity index (χ1) is 5.31. The van der Waals surface area contributed by atoms with Gasteiger partial charge in [0.05, 0.1) is 6.10 Å². The third-order valence-corrected chi connectivity index (χ3v) is 1.57. The van der Waals surface area contributed by atoms with Gasteiger partial charge in [-0.3, -0.25) is 0 Å². The summed E-state index contributed by atoms with van der Waals surface area (Å²) in [4.78, 5) is 0. The van der Waals surface area contributed by atoms with E-state index in [0.717, 1.165) is 19.4 Å². The van der Waals surface area contributed by atoms with Crippen molar-refractivity contribution in [3.8, 4) is 0 Å². The molecule has 0 radical (unpaired) electrons. The molecule has 0 saturated heterocycles. The summed E-state index contributed by atoms with van der Waals surface area (Å²) < 4.78 is 0. The second-order valence-corrected chi connectivity index (χ2v) is 2.62. The summed E-state index contributed by atoms with van der Waals surface area (Å²) >= 11 is 0. The Kier molecular flexibility index (Phi) is 7.52. The predicted octanol–water partition coefficient (Wildman–Crippen LogP) is 1.31. The van der Waals surface area contributed by atoms with Gasteiger partial charge < -0.3 is 10.4 Å². The molecule has 0 rings (SSSR count). The quantitative estimate of drug-likeness (QED) is 0.450. The van der Waals surface area contributed by atoms with Gasteiger partial charge in [-0.25, -0.2) is 0 Å². The first kappa shape index (κ1) is 10.7. The highest BCUT2D eigenvalue weighted by molar-refractivity contribution is 4.77. The smallest absolute Gasteiger partial charge is 0.0662 e. The number of aliphatic hydroxyl groups excluding tert-OH is 1. The Morgan fingerprint density at radius 2 is 2.27 bits per heavy atom. The van der Waals surface area contributed by atoms with Crippen LogP contribution in [0.4, 0.5) is 0 Å². The lowest BCUT2D eigenvalue weighted by molar-refractivity contribution is 0.168. The van der Waals surface area contributed by atoms with E-state index in [2.05, 4.69) is 11.4 Å². The average Bonchev–Trinajstić information content (AvgIpc) is 2.04. The molecule has 1 unspecified atom stereocenters. The normalized spacial score (nSPS) is 14.1. The van der Waals surface area contributed by atoms with Crippen LogP contribution < -0.4 is 5.32 Å². The SMILES string of the molecule is C/C=C/CCNCC(O)CC. The fourth-order valence-electron chi connectivity index (χ4n) is 0.765. The van der Waals surface area contributed by atoms with Gasteiger partial charge in [0, 0.05) is 6.54 Å². The first-order valence-corrected chi connectivity index (χ1v) is 4.31. The van der Waals surface area contributed by atoms with Crippen LogP contribution in [0.5, 0.6) is 0 Å². The molecule has 0 saturated carbocycles. The monoisotopic (exact) mass is 157 g/mol. The van der Waals surface area contributed by atoms with Crippen LogP contribution in [-0.4, -0.2) is 24.3 Å². The van der Waals surface area contributed by atoms with E-state index in [1.165, 1.54) is 0 Å². The van der Waals surface area contributed by atoms with E-state index >= 15 is 0 Å². The zero-order valence-electron chi connectivity index (χ0n) is 7.51. The maximum atomic E-state index is 9.13. The molecule has 0 aliphatic carbocycles. The van der Waals surface area contributed by atoms with Crippen LogP contribution in [0.15, 0.2) is 12.2 Å². The molecule has 0 aromatic carbocycles. The lowest BCUT2D eigenvalue weighted by Gasteiger charge is -2.07. The maximum absolute atomic E-state index is 9.13. The van der Waals surface area contributed by atoms with Gasteiger partial charge in [0.15, 0.2) is 0 Å². The van der Waals surface area contributed by atoms with Gasteiger partial charge in [-0.15, -0.1) is 0 Å². The number of hydrogen-bond donors (Lipinski definition) is 2. The molecular formula is C9H19NO. The summed E-state index contributed by atoms with van der Waals surface area (Å²) in [5.74, 6) is 0. The number of rotatable bonds is 6. The molecule has 2 N–H and O–H groups in total. The van der Waals surface area contributed by atoms with Gasteiger partial charge in [-0.05, 0) is 26.3 Å². The van der Waals surface area contributed by atoms with Crippen molar-refractivity contribution in [2.24, 2.45) is 0 Å². The lowest BCUT2D eigenvalue weighted by Crippen LogP contribution is -2.26. The van der Waals surface area contributed by atoms with Crippen molar-refractivity contribution in [1.29, 1.82) is 0 Å². The van der Waals surface area contributed by atoms with Crippen LogP contribution in [0.1, 0.15) is 26.7 Å². The standard InChI is InChI=1S/C9H19NO/c1-3-5-6-7-10-8-9(11)4-2/h3,5,9-11H,4,6-8H2,1-2H3/b5-3+. The summed E-state index contributed by atoms with van der Waals surface area (Å²) in [6, 6.07) is 0. The van der Waals surface area contributed by atoms with Crippen molar-refractivity contribution in [2.75, 3.05) is 13.1 Å². The van der Waals surface area contributed by atoms with Crippen molar-refractivity contribution in [2.45, 2.75) is 32.8 Å². The van der Waals surface area contributed by atoms with E-state index in [0.29, 0.717) is 6.54 Å². The van der Waals surface area contributed by atoms with Gasteiger partial charge in [-0.1, -0.05) is 19.1 Å². The van der Waals surface area contributed by atoms with Crippen LogP contribution in [-0.2, 0) is 0 Å². The minimum absolute atomic E-state index is 0.180. The topological polar surface area (TPSA) is 32.3 Å². The van der Waals surface area contributed by atoms with E-state index in [9.17, 15) is 0 Å². The maximum Gasteiger partial charge on any atom is 0.0662 e. The summed E-state index contributed by atoms with van der Waals surface area (Å²) in [7, 11) is 0. The Morgan fingerprint density at radius 1 is 1.55 bits per heavy atom. The van der Waals surface area contributed by atoms with Crippen LogP contribution in [0, 0.1) is 0 Å². The third-order valence-electron chi connectivity index (χ3n) is 1.57. The number of aliphatic hydroxyl groups is 1. The summed E-state index contributed by atoms with van der Waals surface area (Å²) in [5.41, 5.74) is 0. The van der Waals surface area contributed by atoms with E-state index in [-0.39, 0.29) is 6.10 Å². The van der Waals surface area contributed by atoms with E-state index in [1.807, 2.05) is 19.9 Å². The van der Waals surface area contributed by atoms with Gasteiger partial charge in [0.1, 0.15) is 0 Å². The van der Waals surface area contributed by atoms with Crippen LogP contribution in [0.2, 0.25) is 0 Å². The Morgan fingerprint density at radius 3 is 2.82 bits per heavy atom. The molecular weight excluding hydrogens is 138 g/mol. The molecule has 66 valence electrons. The highest BCUT2D eigenvalue weighted by atomic mass is 16.3. The number of nitrogens with one attached hydrogen (secondary N) is 1. The Balaban J connectivity index is 3.01. The van der Waals surface area contributed by atoms with Crippen LogP contribution >= 0.6 is 0 Å². The Hall–Kier alpha value is -0.340. The lowest BCUT2D eigenvalue weighted by atomic mass is 10.3. The zero-order valence-corrected chi connectivity index (χ0v) is 7.51. The van der Waals surface area contributed by atoms with E-state index in [4.69, 9.17) is 5.11 Å². The summed E-state index contributed by atoms with van der Waals surface area (Å²) in [6.45, 7) is 5.68. The van der Waals surface area contributed by atoms with E-state index in [1.54, 1.807) is 0 Å². The van der Waals surface area contributed by atoms with Gasteiger partial charge in [-0.2, -0.15) is 0 Å². The molecule has 0 aromatic rings. The fraction of sp³-hybridized carbons (Fsp3) is 0.778. The molecule has 0 bridgehead atoms. The second-order valence-electron chi connectivity index (χ2n) is 2.62. The minimum Gasteiger partial charge on any atom is -0.392 e. The van der Waals surface area contributed by atoms with Gasteiger partial charge >= 0.3 is 0 Å². The molecule has 0 aliphatic rings. The highest BCUT2D eigenvalue weighted by Gasteiger charge is 1.96. The number of allylic oxidation sites excluding steroid dienone is 1. The summed E-state index contributed by atoms with van der Waals surface area (Å²) in [5, 5.41) is 12.3. The van der Waals surface area contributed by atoms with Crippen LogP contribution in [0.3, 0.4) is 0 Å². The van der Waals surface area contributed by atoms with Crippen molar-refractivity contribution in [1.82, 2.24) is 5.32 Å². The Bertz CT molecular complexity index is 102. The fourth-order valence-corrected chi connectivity index (χ4v) is 0.765. The molecule has 1 atom stereocenters. The summed E-state index contributed by atoms with van der Waals surface area (Å²) in [6.07, 6.45) is 5.85. The minimum atomic E-state index is -0.180. The van der Waals surface area contributed by atoms with Crippen molar-refractivity contribution >= 4 is 0 Å². The van der Waals surface area contributed by atoms with Crippen molar-refractivity contribution in [3.63, 3.8) is 0 Å². The highest BCUT2D eigenvalue weighted by Crippen LogP contribution is 1.86. The molecule has 0 amide bonds. The molecule has 0 aromatic heterocycles. The molecule has 0 spiro atoms. The van der Waals surface area contributed by atoms with Gasteiger partial charge in [0.2, 0.25) is 0 Å². The Labute approximate surface area is 69.3 Å². The predicted molar refractivity (Wildman–Crippen MR) is 48.6 cm³/mol. The zero-order chi connectivity index (χ0) is 8.53. The van der Waals surface area contributed by atoms with Crippen LogP contribution in [0.25, 0.3) is 0 Å². The molecule has 0 aliphatic heterocycles. The van der Waals surface area contributed by atoms with Crippen molar-refractivity contribution < 1.29 is 5.11 Å². The average molecular weight is 157 g/mol. The third kappa shape index (κ3) is 7.56.